The molecule has 0 aliphatic carbocycles. The van der Waals surface area contributed by atoms with E-state index in [0.29, 0.717) is 35.1 Å². The van der Waals surface area contributed by atoms with E-state index >= 15 is 0 Å². The highest BCUT2D eigenvalue weighted by atomic mass is 35.5. The summed E-state index contributed by atoms with van der Waals surface area (Å²) in [5, 5.41) is 11.4. The standard InChI is InChI=1S/C20H16ClN3O4/c21-14-5-9-15(10-6-14)23-19(25)17(13-3-7-16(8-4-13)24(27)28)18(20(23)26)22-11-1-2-12-22/h3-10H,1-2,11-12H2. The molecule has 28 heavy (non-hydrogen) atoms. The summed E-state index contributed by atoms with van der Waals surface area (Å²) in [4.78, 5) is 40.0. The van der Waals surface area contributed by atoms with Gasteiger partial charge in [0.1, 0.15) is 5.70 Å². The van der Waals surface area contributed by atoms with E-state index in [4.69, 9.17) is 11.6 Å². The number of hydrogen-bond donors (Lipinski definition) is 0. The number of likely N-dealkylation sites (tertiary alicyclic amines) is 1. The Morgan fingerprint density at radius 1 is 0.893 bits per heavy atom. The van der Waals surface area contributed by atoms with Crippen molar-refractivity contribution in [2.24, 2.45) is 0 Å². The van der Waals surface area contributed by atoms with Gasteiger partial charge < -0.3 is 4.90 Å². The number of amides is 2. The fraction of sp³-hybridized carbons (Fsp3) is 0.200. The topological polar surface area (TPSA) is 83.8 Å². The molecular formula is C20H16ClN3O4. The highest BCUT2D eigenvalue weighted by molar-refractivity contribution is 6.45. The van der Waals surface area contributed by atoms with Gasteiger partial charge in [-0.25, -0.2) is 4.90 Å². The van der Waals surface area contributed by atoms with Crippen LogP contribution in [0.15, 0.2) is 54.2 Å². The highest BCUT2D eigenvalue weighted by Gasteiger charge is 2.43. The number of rotatable bonds is 4. The van der Waals surface area contributed by atoms with E-state index in [2.05, 4.69) is 0 Å². The number of carbonyl (C=O) groups is 2. The second-order valence-corrected chi connectivity index (χ2v) is 7.08. The van der Waals surface area contributed by atoms with Gasteiger partial charge in [0, 0.05) is 30.2 Å². The molecule has 2 heterocycles. The lowest BCUT2D eigenvalue weighted by Gasteiger charge is -2.20. The number of non-ortho nitro benzene ring substituents is 1. The molecule has 4 rings (SSSR count). The van der Waals surface area contributed by atoms with Crippen molar-refractivity contribution in [3.63, 3.8) is 0 Å². The molecule has 0 saturated carbocycles. The molecule has 0 unspecified atom stereocenters. The van der Waals surface area contributed by atoms with Gasteiger partial charge in [-0.2, -0.15) is 0 Å². The lowest BCUT2D eigenvalue weighted by atomic mass is 10.0. The molecule has 0 spiro atoms. The molecule has 7 nitrogen and oxygen atoms in total. The van der Waals surface area contributed by atoms with Crippen molar-refractivity contribution < 1.29 is 14.5 Å². The summed E-state index contributed by atoms with van der Waals surface area (Å²) < 4.78 is 0. The third kappa shape index (κ3) is 3.03. The number of carbonyl (C=O) groups excluding carboxylic acids is 2. The molecule has 0 bridgehead atoms. The first-order valence-corrected chi connectivity index (χ1v) is 9.23. The first-order chi connectivity index (χ1) is 13.5. The average molecular weight is 398 g/mol. The Morgan fingerprint density at radius 3 is 2.07 bits per heavy atom. The van der Waals surface area contributed by atoms with Crippen molar-refractivity contribution in [3.05, 3.63) is 74.9 Å². The number of hydrogen-bond acceptors (Lipinski definition) is 5. The number of halogens is 1. The lowest BCUT2D eigenvalue weighted by Crippen LogP contribution is -2.34. The van der Waals surface area contributed by atoms with Crippen molar-refractivity contribution in [1.82, 2.24) is 4.90 Å². The maximum absolute atomic E-state index is 13.2. The number of nitro benzene ring substituents is 1. The van der Waals surface area contributed by atoms with Crippen LogP contribution in [0.3, 0.4) is 0 Å². The molecule has 0 atom stereocenters. The molecule has 2 amide bonds. The van der Waals surface area contributed by atoms with Crippen LogP contribution in [0.5, 0.6) is 0 Å². The maximum Gasteiger partial charge on any atom is 0.282 e. The molecule has 0 aromatic heterocycles. The van der Waals surface area contributed by atoms with Gasteiger partial charge in [-0.1, -0.05) is 11.6 Å². The molecule has 0 radical (unpaired) electrons. The monoisotopic (exact) mass is 397 g/mol. The van der Waals surface area contributed by atoms with Crippen LogP contribution in [0.2, 0.25) is 5.02 Å². The zero-order valence-corrected chi connectivity index (χ0v) is 15.6. The summed E-state index contributed by atoms with van der Waals surface area (Å²) >= 11 is 5.93. The molecule has 1 fully saturated rings. The van der Waals surface area contributed by atoms with Crippen LogP contribution in [-0.4, -0.2) is 34.7 Å². The van der Waals surface area contributed by atoms with Gasteiger partial charge in [0.15, 0.2) is 0 Å². The number of anilines is 1. The molecule has 2 aromatic rings. The number of imide groups is 1. The van der Waals surface area contributed by atoms with Gasteiger partial charge in [0.25, 0.3) is 17.5 Å². The number of benzene rings is 2. The van der Waals surface area contributed by atoms with E-state index in [1.807, 2.05) is 4.90 Å². The summed E-state index contributed by atoms with van der Waals surface area (Å²) in [6.07, 6.45) is 1.89. The molecule has 8 heteroatoms. The summed E-state index contributed by atoms with van der Waals surface area (Å²) in [6, 6.07) is 12.2. The Balaban J connectivity index is 1.81. The number of nitro groups is 1. The normalized spacial score (nSPS) is 17.0. The maximum atomic E-state index is 13.2. The average Bonchev–Trinajstić information content (AvgIpc) is 3.29. The predicted molar refractivity (Wildman–Crippen MR) is 105 cm³/mol. The van der Waals surface area contributed by atoms with E-state index in [9.17, 15) is 19.7 Å². The molecule has 2 aliphatic rings. The second kappa shape index (κ2) is 7.09. The van der Waals surface area contributed by atoms with Gasteiger partial charge >= 0.3 is 0 Å². The second-order valence-electron chi connectivity index (χ2n) is 6.64. The minimum absolute atomic E-state index is 0.0709. The van der Waals surface area contributed by atoms with Crippen LogP contribution in [0.25, 0.3) is 5.57 Å². The van der Waals surface area contributed by atoms with Gasteiger partial charge in [-0.15, -0.1) is 0 Å². The van der Waals surface area contributed by atoms with Crippen LogP contribution in [0, 0.1) is 10.1 Å². The smallest absolute Gasteiger partial charge is 0.282 e. The summed E-state index contributed by atoms with van der Waals surface area (Å²) in [5.41, 5.74) is 1.48. The highest BCUT2D eigenvalue weighted by Crippen LogP contribution is 2.36. The lowest BCUT2D eigenvalue weighted by molar-refractivity contribution is -0.384. The first-order valence-electron chi connectivity index (χ1n) is 8.86. The van der Waals surface area contributed by atoms with E-state index in [0.717, 1.165) is 17.7 Å². The zero-order chi connectivity index (χ0) is 19.8. The van der Waals surface area contributed by atoms with Crippen LogP contribution in [0.1, 0.15) is 18.4 Å². The minimum Gasteiger partial charge on any atom is -0.366 e. The zero-order valence-electron chi connectivity index (χ0n) is 14.8. The quantitative estimate of drug-likeness (QED) is 0.447. The van der Waals surface area contributed by atoms with Crippen LogP contribution < -0.4 is 4.90 Å². The number of nitrogens with zero attached hydrogens (tertiary/aromatic N) is 3. The first kappa shape index (κ1) is 18.2. The molecule has 2 aliphatic heterocycles. The van der Waals surface area contributed by atoms with Crippen molar-refractivity contribution in [2.45, 2.75) is 12.8 Å². The van der Waals surface area contributed by atoms with Gasteiger partial charge in [0.2, 0.25) is 0 Å². The van der Waals surface area contributed by atoms with E-state index < -0.39 is 10.8 Å². The third-order valence-corrected chi connectivity index (χ3v) is 5.19. The summed E-state index contributed by atoms with van der Waals surface area (Å²) in [6.45, 7) is 1.39. The van der Waals surface area contributed by atoms with E-state index in [-0.39, 0.29) is 17.2 Å². The van der Waals surface area contributed by atoms with Gasteiger partial charge in [-0.3, -0.25) is 19.7 Å². The van der Waals surface area contributed by atoms with Crippen LogP contribution in [0.4, 0.5) is 11.4 Å². The fourth-order valence-electron chi connectivity index (χ4n) is 3.59. The van der Waals surface area contributed by atoms with Crippen molar-refractivity contribution in [2.75, 3.05) is 18.0 Å². The molecule has 0 N–H and O–H groups in total. The minimum atomic E-state index is -0.499. The summed E-state index contributed by atoms with van der Waals surface area (Å²) in [7, 11) is 0. The Labute approximate surface area is 166 Å². The van der Waals surface area contributed by atoms with Crippen molar-refractivity contribution in [3.8, 4) is 0 Å². The summed E-state index contributed by atoms with van der Waals surface area (Å²) in [5.74, 6) is -0.828. The van der Waals surface area contributed by atoms with Crippen LogP contribution in [-0.2, 0) is 9.59 Å². The Bertz CT molecular complexity index is 993. The van der Waals surface area contributed by atoms with Gasteiger partial charge in [0.05, 0.1) is 16.2 Å². The largest absolute Gasteiger partial charge is 0.366 e. The Hall–Kier alpha value is -3.19. The van der Waals surface area contributed by atoms with E-state index in [1.165, 1.54) is 24.3 Å². The molecule has 2 aromatic carbocycles. The van der Waals surface area contributed by atoms with E-state index in [1.54, 1.807) is 24.3 Å². The molecular weight excluding hydrogens is 382 g/mol. The van der Waals surface area contributed by atoms with Crippen molar-refractivity contribution >= 4 is 40.4 Å². The Morgan fingerprint density at radius 2 is 1.50 bits per heavy atom. The van der Waals surface area contributed by atoms with Gasteiger partial charge in [-0.05, 0) is 54.8 Å². The fourth-order valence-corrected chi connectivity index (χ4v) is 3.71. The van der Waals surface area contributed by atoms with Crippen LogP contribution >= 0.6 is 11.6 Å². The molecule has 142 valence electrons. The third-order valence-electron chi connectivity index (χ3n) is 4.93. The SMILES string of the molecule is O=C1C(c2ccc([N+](=O)[O-])cc2)=C(N2CCCC2)C(=O)N1c1ccc(Cl)cc1. The predicted octanol–water partition coefficient (Wildman–Crippen LogP) is 3.63. The molecule has 1 saturated heterocycles. The Kier molecular flexibility index (Phi) is 4.60. The van der Waals surface area contributed by atoms with Crippen molar-refractivity contribution in [1.29, 1.82) is 0 Å².